The van der Waals surface area contributed by atoms with Crippen LogP contribution in [-0.2, 0) is 0 Å². The zero-order valence-electron chi connectivity index (χ0n) is 5.55. The normalized spacial score (nSPS) is 9.30. The number of aromatic nitrogens is 1. The Morgan fingerprint density at radius 1 is 2.00 bits per heavy atom. The molecule has 0 aromatic carbocycles. The number of oxazole rings is 1. The summed E-state index contributed by atoms with van der Waals surface area (Å²) in [5.41, 5.74) is 0.266. The Hall–Kier alpha value is -1.32. The molecule has 53 valence electrons. The van der Waals surface area contributed by atoms with E-state index in [0.717, 1.165) is 0 Å². The monoisotopic (exact) mass is 139 g/mol. The largest absolute Gasteiger partial charge is 0.440 e. The third-order valence-electron chi connectivity index (χ3n) is 0.959. The van der Waals surface area contributed by atoms with E-state index in [1.165, 1.54) is 6.26 Å². The van der Waals surface area contributed by atoms with E-state index in [1.807, 2.05) is 6.92 Å². The van der Waals surface area contributed by atoms with Crippen molar-refractivity contribution < 1.29 is 9.21 Å². The predicted octanol–water partition coefficient (Wildman–Crippen LogP) is 0.224. The highest BCUT2D eigenvalue weighted by molar-refractivity contribution is 5.91. The highest BCUT2D eigenvalue weighted by atomic mass is 16.3. The lowest BCUT2D eigenvalue weighted by molar-refractivity contribution is 0.0951. The number of amides is 1. The molecule has 0 saturated heterocycles. The Kier molecular flexibility index (Phi) is 2.04. The summed E-state index contributed by atoms with van der Waals surface area (Å²) in [4.78, 5) is 14.4. The van der Waals surface area contributed by atoms with E-state index in [4.69, 9.17) is 0 Å². The third kappa shape index (κ3) is 1.34. The van der Waals surface area contributed by atoms with Gasteiger partial charge in [0.05, 0.1) is 0 Å². The van der Waals surface area contributed by atoms with Crippen LogP contribution < -0.4 is 5.32 Å². The molecule has 1 aromatic rings. The van der Waals surface area contributed by atoms with Crippen LogP contribution in [0.5, 0.6) is 0 Å². The molecule has 1 heterocycles. The van der Waals surface area contributed by atoms with Gasteiger partial charge in [0, 0.05) is 6.54 Å². The Morgan fingerprint density at radius 2 is 2.80 bits per heavy atom. The summed E-state index contributed by atoms with van der Waals surface area (Å²) in [6, 6.07) is 0. The Labute approximate surface area is 58.3 Å². The van der Waals surface area contributed by atoms with E-state index in [1.54, 1.807) is 0 Å². The molecule has 0 fully saturated rings. The van der Waals surface area contributed by atoms with Gasteiger partial charge in [-0.3, -0.25) is 4.79 Å². The molecule has 0 atom stereocenters. The van der Waals surface area contributed by atoms with E-state index >= 15 is 0 Å². The van der Waals surface area contributed by atoms with Crippen molar-refractivity contribution in [2.75, 3.05) is 6.54 Å². The summed E-state index contributed by atoms with van der Waals surface area (Å²) in [7, 11) is 0. The second-order valence-corrected chi connectivity index (χ2v) is 1.68. The van der Waals surface area contributed by atoms with E-state index in [0.29, 0.717) is 6.54 Å². The average Bonchev–Trinajstić information content (AvgIpc) is 2.38. The lowest BCUT2D eigenvalue weighted by Gasteiger charge is -1.94. The lowest BCUT2D eigenvalue weighted by Crippen LogP contribution is -2.22. The van der Waals surface area contributed by atoms with Gasteiger partial charge in [0.2, 0.25) is 0 Å². The fraction of sp³-hybridized carbons (Fsp3) is 0.333. The van der Waals surface area contributed by atoms with Crippen LogP contribution in [0.3, 0.4) is 0 Å². The maximum absolute atomic E-state index is 10.9. The minimum Gasteiger partial charge on any atom is -0.440 e. The second kappa shape index (κ2) is 3.00. The van der Waals surface area contributed by atoms with E-state index in [-0.39, 0.29) is 11.6 Å². The van der Waals surface area contributed by atoms with Gasteiger partial charge in [0.25, 0.3) is 12.3 Å². The third-order valence-corrected chi connectivity index (χ3v) is 0.959. The molecular formula is C6H7N2O2. The quantitative estimate of drug-likeness (QED) is 0.637. The Morgan fingerprint density at radius 3 is 3.30 bits per heavy atom. The van der Waals surface area contributed by atoms with Gasteiger partial charge in [-0.05, 0) is 6.92 Å². The molecule has 4 heteroatoms. The Balaban J connectivity index is 2.59. The first-order valence-electron chi connectivity index (χ1n) is 2.94. The van der Waals surface area contributed by atoms with E-state index < -0.39 is 0 Å². The van der Waals surface area contributed by atoms with Crippen molar-refractivity contribution in [3.8, 4) is 0 Å². The second-order valence-electron chi connectivity index (χ2n) is 1.68. The molecule has 0 unspecified atom stereocenters. The molecular weight excluding hydrogens is 132 g/mol. The fourth-order valence-electron chi connectivity index (χ4n) is 0.539. The summed E-state index contributed by atoms with van der Waals surface area (Å²) in [5.74, 6) is -0.229. The summed E-state index contributed by atoms with van der Waals surface area (Å²) in [6.07, 6.45) is 3.44. The van der Waals surface area contributed by atoms with Crippen molar-refractivity contribution in [3.63, 3.8) is 0 Å². The molecule has 1 N–H and O–H groups in total. The molecule has 0 spiro atoms. The zero-order chi connectivity index (χ0) is 7.40. The van der Waals surface area contributed by atoms with Gasteiger partial charge in [-0.25, -0.2) is 0 Å². The van der Waals surface area contributed by atoms with Crippen LogP contribution >= 0.6 is 0 Å². The van der Waals surface area contributed by atoms with Crippen LogP contribution in [0, 0.1) is 6.39 Å². The molecule has 0 bridgehead atoms. The first-order valence-corrected chi connectivity index (χ1v) is 2.94. The number of hydrogen-bond acceptors (Lipinski definition) is 3. The summed E-state index contributed by atoms with van der Waals surface area (Å²) >= 11 is 0. The molecule has 1 rings (SSSR count). The van der Waals surface area contributed by atoms with Crippen LogP contribution in [0.1, 0.15) is 17.4 Å². The highest BCUT2D eigenvalue weighted by Crippen LogP contribution is 1.91. The smallest absolute Gasteiger partial charge is 0.284 e. The zero-order valence-corrected chi connectivity index (χ0v) is 5.55. The standard InChI is InChI=1S/C6H7N2O2/c1-2-7-6(9)5-3-10-4-8-5/h3H,2H2,1H3,(H,7,9). The van der Waals surface area contributed by atoms with Crippen LogP contribution in [-0.4, -0.2) is 17.4 Å². The number of carbonyl (C=O) groups is 1. The summed E-state index contributed by atoms with van der Waals surface area (Å²) in [5, 5.41) is 2.57. The number of nitrogens with zero attached hydrogens (tertiary/aromatic N) is 1. The van der Waals surface area contributed by atoms with Gasteiger partial charge in [-0.2, -0.15) is 4.98 Å². The van der Waals surface area contributed by atoms with Gasteiger partial charge in [-0.1, -0.05) is 0 Å². The predicted molar refractivity (Wildman–Crippen MR) is 33.3 cm³/mol. The molecule has 4 nitrogen and oxygen atoms in total. The van der Waals surface area contributed by atoms with Crippen molar-refractivity contribution >= 4 is 5.91 Å². The maximum Gasteiger partial charge on any atom is 0.284 e. The molecule has 0 aliphatic heterocycles. The van der Waals surface area contributed by atoms with Crippen LogP contribution in [0.25, 0.3) is 0 Å². The minimum absolute atomic E-state index is 0.229. The van der Waals surface area contributed by atoms with Crippen molar-refractivity contribution in [3.05, 3.63) is 18.4 Å². The number of carbonyl (C=O) groups excluding carboxylic acids is 1. The van der Waals surface area contributed by atoms with Crippen molar-refractivity contribution in [1.29, 1.82) is 0 Å². The lowest BCUT2D eigenvalue weighted by atomic mass is 10.4. The molecule has 0 aliphatic carbocycles. The molecule has 0 saturated carbocycles. The van der Waals surface area contributed by atoms with E-state index in [2.05, 4.69) is 21.1 Å². The van der Waals surface area contributed by atoms with Crippen molar-refractivity contribution in [1.82, 2.24) is 10.3 Å². The van der Waals surface area contributed by atoms with Gasteiger partial charge in [0.1, 0.15) is 6.26 Å². The van der Waals surface area contributed by atoms with Crippen molar-refractivity contribution in [2.45, 2.75) is 6.92 Å². The molecule has 1 amide bonds. The number of hydrogen-bond donors (Lipinski definition) is 1. The van der Waals surface area contributed by atoms with Crippen LogP contribution in [0.15, 0.2) is 10.7 Å². The molecule has 1 radical (unpaired) electrons. The highest BCUT2D eigenvalue weighted by Gasteiger charge is 2.05. The summed E-state index contributed by atoms with van der Waals surface area (Å²) in [6.45, 7) is 2.42. The first-order chi connectivity index (χ1) is 4.84. The number of nitrogens with one attached hydrogen (secondary N) is 1. The topological polar surface area (TPSA) is 55.1 Å². The summed E-state index contributed by atoms with van der Waals surface area (Å²) < 4.78 is 4.49. The van der Waals surface area contributed by atoms with Crippen LogP contribution in [0.4, 0.5) is 0 Å². The van der Waals surface area contributed by atoms with Crippen LogP contribution in [0.2, 0.25) is 0 Å². The first kappa shape index (κ1) is 6.80. The van der Waals surface area contributed by atoms with Gasteiger partial charge < -0.3 is 9.73 Å². The van der Waals surface area contributed by atoms with Gasteiger partial charge >= 0.3 is 0 Å². The molecule has 0 aliphatic rings. The average molecular weight is 139 g/mol. The fourth-order valence-corrected chi connectivity index (χ4v) is 0.539. The molecule has 1 aromatic heterocycles. The maximum atomic E-state index is 10.9. The Bertz CT molecular complexity index is 206. The van der Waals surface area contributed by atoms with Gasteiger partial charge in [0.15, 0.2) is 5.69 Å². The molecule has 10 heavy (non-hydrogen) atoms. The van der Waals surface area contributed by atoms with Crippen molar-refractivity contribution in [2.24, 2.45) is 0 Å². The van der Waals surface area contributed by atoms with E-state index in [9.17, 15) is 4.79 Å². The minimum atomic E-state index is -0.229. The number of rotatable bonds is 2. The SMILES string of the molecule is CCNC(=O)c1co[c]n1. The van der Waals surface area contributed by atoms with Gasteiger partial charge in [-0.15, -0.1) is 0 Å².